The summed E-state index contributed by atoms with van der Waals surface area (Å²) in [6, 6.07) is 8.59. The van der Waals surface area contributed by atoms with Crippen LogP contribution in [0.3, 0.4) is 0 Å². The number of benzene rings is 1. The van der Waals surface area contributed by atoms with Gasteiger partial charge in [-0.1, -0.05) is 22.5 Å². The lowest BCUT2D eigenvalue weighted by Gasteiger charge is -2.04. The molecule has 0 bridgehead atoms. The van der Waals surface area contributed by atoms with Crippen molar-refractivity contribution in [2.24, 2.45) is 10.8 Å². The molecule has 8 nitrogen and oxygen atoms in total. The highest BCUT2D eigenvalue weighted by Gasteiger charge is 2.03. The highest BCUT2D eigenvalue weighted by molar-refractivity contribution is 7.11. The molecule has 0 atom stereocenters. The highest BCUT2D eigenvalue weighted by atomic mass is 32.1. The summed E-state index contributed by atoms with van der Waals surface area (Å²) in [5, 5.41) is 27.4. The molecule has 0 saturated carbocycles. The van der Waals surface area contributed by atoms with E-state index in [1.807, 2.05) is 0 Å². The second kappa shape index (κ2) is 6.26. The number of nitrogens with two attached hydrogens (primary N) is 1. The molecule has 0 amide bonds. The van der Waals surface area contributed by atoms with E-state index in [0.29, 0.717) is 16.6 Å². The number of amidine groups is 1. The molecule has 1 heterocycles. The summed E-state index contributed by atoms with van der Waals surface area (Å²) in [5.74, 6) is 0.143. The van der Waals surface area contributed by atoms with Gasteiger partial charge in [0.15, 0.2) is 5.84 Å². The molecule has 20 heavy (non-hydrogen) atoms. The maximum absolute atomic E-state index is 8.72. The van der Waals surface area contributed by atoms with Crippen LogP contribution in [0.2, 0.25) is 0 Å². The number of anilines is 1. The number of hydrogen-bond acceptors (Lipinski definition) is 8. The molecule has 0 fully saturated rings. The normalized spacial score (nSPS) is 10.7. The van der Waals surface area contributed by atoms with E-state index in [2.05, 4.69) is 20.7 Å². The van der Waals surface area contributed by atoms with Crippen LogP contribution in [0.4, 0.5) is 5.69 Å². The maximum atomic E-state index is 8.72. The smallest absolute Gasteiger partial charge is 0.299 e. The van der Waals surface area contributed by atoms with Crippen molar-refractivity contribution in [1.29, 1.82) is 10.7 Å². The van der Waals surface area contributed by atoms with E-state index in [-0.39, 0.29) is 5.71 Å². The summed E-state index contributed by atoms with van der Waals surface area (Å²) >= 11 is 1.27. The Morgan fingerprint density at radius 3 is 3.05 bits per heavy atom. The first-order valence-corrected chi connectivity index (χ1v) is 6.19. The molecule has 100 valence electrons. The van der Waals surface area contributed by atoms with Crippen molar-refractivity contribution in [3.8, 4) is 17.0 Å². The van der Waals surface area contributed by atoms with Crippen LogP contribution in [-0.2, 0) is 0 Å². The molecule has 0 unspecified atom stereocenters. The van der Waals surface area contributed by atoms with E-state index in [1.165, 1.54) is 11.3 Å². The van der Waals surface area contributed by atoms with Crippen LogP contribution in [0.15, 0.2) is 34.9 Å². The fourth-order valence-corrected chi connectivity index (χ4v) is 1.63. The van der Waals surface area contributed by atoms with Crippen molar-refractivity contribution in [2.45, 2.75) is 0 Å². The van der Waals surface area contributed by atoms with Crippen molar-refractivity contribution in [2.75, 3.05) is 5.43 Å². The molecule has 0 saturated heterocycles. The Morgan fingerprint density at radius 1 is 1.55 bits per heavy atom. The maximum Gasteiger partial charge on any atom is 0.299 e. The van der Waals surface area contributed by atoms with Gasteiger partial charge >= 0.3 is 0 Å². The first kappa shape index (κ1) is 13.4. The summed E-state index contributed by atoms with van der Waals surface area (Å²) in [4.78, 5) is 0. The minimum atomic E-state index is -0.402. The van der Waals surface area contributed by atoms with Crippen molar-refractivity contribution < 1.29 is 4.74 Å². The SMILES string of the molecule is N#C/C(=N\Nc1cccc(Oc2nncs2)c1)C(=N)N. The summed E-state index contributed by atoms with van der Waals surface area (Å²) in [5.41, 5.74) is 9.77. The predicted octanol–water partition coefficient (Wildman–Crippen LogP) is 1.56. The topological polar surface area (TPSA) is 133 Å². The minimum absolute atomic E-state index is 0.194. The number of hydrogen-bond donors (Lipinski definition) is 3. The van der Waals surface area contributed by atoms with E-state index >= 15 is 0 Å². The zero-order chi connectivity index (χ0) is 14.4. The summed E-state index contributed by atoms with van der Waals surface area (Å²) in [6.45, 7) is 0. The Balaban J connectivity index is 2.10. The highest BCUT2D eigenvalue weighted by Crippen LogP contribution is 2.24. The lowest BCUT2D eigenvalue weighted by atomic mass is 10.3. The monoisotopic (exact) mass is 287 g/mol. The van der Waals surface area contributed by atoms with Gasteiger partial charge < -0.3 is 10.5 Å². The van der Waals surface area contributed by atoms with Gasteiger partial charge in [0, 0.05) is 6.07 Å². The number of aromatic nitrogens is 2. The third-order valence-electron chi connectivity index (χ3n) is 2.04. The molecule has 0 spiro atoms. The number of hydrazone groups is 1. The third kappa shape index (κ3) is 3.50. The number of nitriles is 1. The van der Waals surface area contributed by atoms with E-state index in [1.54, 1.807) is 35.8 Å². The Bertz CT molecular complexity index is 674. The summed E-state index contributed by atoms with van der Waals surface area (Å²) in [6.07, 6.45) is 0. The van der Waals surface area contributed by atoms with E-state index in [4.69, 9.17) is 21.1 Å². The fraction of sp³-hybridized carbons (Fsp3) is 0. The number of nitrogens with zero attached hydrogens (tertiary/aromatic N) is 4. The summed E-state index contributed by atoms with van der Waals surface area (Å²) in [7, 11) is 0. The minimum Gasteiger partial charge on any atom is -0.430 e. The lowest BCUT2D eigenvalue weighted by Crippen LogP contribution is -2.21. The predicted molar refractivity (Wildman–Crippen MR) is 75.0 cm³/mol. The molecular formula is C11H9N7OS. The Morgan fingerprint density at radius 2 is 2.40 bits per heavy atom. The first-order chi connectivity index (χ1) is 9.69. The van der Waals surface area contributed by atoms with Crippen molar-refractivity contribution >= 4 is 28.6 Å². The van der Waals surface area contributed by atoms with Crippen molar-refractivity contribution in [3.63, 3.8) is 0 Å². The molecule has 4 N–H and O–H groups in total. The van der Waals surface area contributed by atoms with Crippen LogP contribution >= 0.6 is 11.3 Å². The van der Waals surface area contributed by atoms with Gasteiger partial charge in [-0.2, -0.15) is 10.4 Å². The van der Waals surface area contributed by atoms with Gasteiger partial charge in [0.1, 0.15) is 17.3 Å². The van der Waals surface area contributed by atoms with Gasteiger partial charge in [0.05, 0.1) is 5.69 Å². The molecule has 2 aromatic rings. The van der Waals surface area contributed by atoms with Gasteiger partial charge in [0.25, 0.3) is 5.19 Å². The van der Waals surface area contributed by atoms with E-state index < -0.39 is 5.84 Å². The van der Waals surface area contributed by atoms with Crippen molar-refractivity contribution in [1.82, 2.24) is 10.2 Å². The standard InChI is InChI=1S/C11H9N7OS/c12-5-9(10(13)14)17-16-7-2-1-3-8(4-7)19-11-18-15-6-20-11/h1-4,6,16H,(H3,13,14)/b17-9+. The van der Waals surface area contributed by atoms with Crippen LogP contribution in [-0.4, -0.2) is 21.7 Å². The van der Waals surface area contributed by atoms with Gasteiger partial charge in [0.2, 0.25) is 5.71 Å². The second-order valence-corrected chi connectivity index (χ2v) is 4.23. The van der Waals surface area contributed by atoms with E-state index in [0.717, 1.165) is 0 Å². The molecule has 9 heteroatoms. The lowest BCUT2D eigenvalue weighted by molar-refractivity contribution is 0.473. The number of rotatable bonds is 5. The fourth-order valence-electron chi connectivity index (χ4n) is 1.20. The summed E-state index contributed by atoms with van der Waals surface area (Å²) < 4.78 is 5.46. The third-order valence-corrected chi connectivity index (χ3v) is 2.60. The van der Waals surface area contributed by atoms with E-state index in [9.17, 15) is 0 Å². The average molecular weight is 287 g/mol. The quantitative estimate of drug-likeness (QED) is 0.434. The van der Waals surface area contributed by atoms with Gasteiger partial charge in [-0.3, -0.25) is 10.8 Å². The van der Waals surface area contributed by atoms with Crippen LogP contribution in [0.5, 0.6) is 10.9 Å². The molecule has 2 rings (SSSR count). The Labute approximate surface area is 118 Å². The van der Waals surface area contributed by atoms with Crippen LogP contribution in [0.25, 0.3) is 0 Å². The van der Waals surface area contributed by atoms with Crippen LogP contribution in [0, 0.1) is 16.7 Å². The number of ether oxygens (including phenoxy) is 1. The number of nitrogens with one attached hydrogen (secondary N) is 2. The first-order valence-electron chi connectivity index (χ1n) is 5.31. The Kier molecular flexibility index (Phi) is 4.21. The van der Waals surface area contributed by atoms with Crippen LogP contribution < -0.4 is 15.9 Å². The van der Waals surface area contributed by atoms with Crippen molar-refractivity contribution in [3.05, 3.63) is 29.8 Å². The molecule has 0 aliphatic rings. The molecule has 0 aliphatic carbocycles. The zero-order valence-corrected chi connectivity index (χ0v) is 10.9. The molecular weight excluding hydrogens is 278 g/mol. The molecule has 1 aromatic heterocycles. The van der Waals surface area contributed by atoms with Gasteiger partial charge in [-0.15, -0.1) is 5.10 Å². The largest absolute Gasteiger partial charge is 0.430 e. The molecule has 1 aromatic carbocycles. The molecule has 0 aliphatic heterocycles. The molecule has 0 radical (unpaired) electrons. The average Bonchev–Trinajstić information content (AvgIpc) is 2.92. The Hall–Kier alpha value is -2.99. The van der Waals surface area contributed by atoms with Gasteiger partial charge in [-0.05, 0) is 12.1 Å². The zero-order valence-electron chi connectivity index (χ0n) is 10.1. The van der Waals surface area contributed by atoms with Gasteiger partial charge in [-0.25, -0.2) is 0 Å². The second-order valence-electron chi connectivity index (χ2n) is 3.43. The van der Waals surface area contributed by atoms with Crippen LogP contribution in [0.1, 0.15) is 0 Å².